The van der Waals surface area contributed by atoms with Gasteiger partial charge in [0.05, 0.1) is 44.4 Å². The maximum Gasteiger partial charge on any atom is 0.307 e. The van der Waals surface area contributed by atoms with Crippen LogP contribution in [0.1, 0.15) is 25.7 Å². The van der Waals surface area contributed by atoms with E-state index >= 15 is 0 Å². The maximum atomic E-state index is 11.9. The van der Waals surface area contributed by atoms with Gasteiger partial charge >= 0.3 is 17.9 Å². The Morgan fingerprint density at radius 2 is 0.787 bits per heavy atom. The zero-order valence-corrected chi connectivity index (χ0v) is 35.4. The molecule has 0 aliphatic rings. The van der Waals surface area contributed by atoms with Crippen molar-refractivity contribution >= 4 is 147 Å². The molecule has 10 nitrogen and oxygen atoms in total. The van der Waals surface area contributed by atoms with Gasteiger partial charge in [-0.3, -0.25) is 14.4 Å². The molecular weight excluding hydrogens is 825 g/mol. The van der Waals surface area contributed by atoms with Gasteiger partial charge < -0.3 is 24.4 Å². The molecule has 0 heterocycles. The van der Waals surface area contributed by atoms with Crippen molar-refractivity contribution in [2.45, 2.75) is 25.7 Å². The summed E-state index contributed by atoms with van der Waals surface area (Å²) in [5, 5.41) is 23.0. The van der Waals surface area contributed by atoms with E-state index in [9.17, 15) is 14.4 Å². The van der Waals surface area contributed by atoms with Crippen molar-refractivity contribution in [3.8, 4) is 0 Å². The molecule has 0 saturated carbocycles. The van der Waals surface area contributed by atoms with E-state index in [-0.39, 0.29) is 41.7 Å². The molecule has 2 N–H and O–H groups in total. The molecule has 0 aromatic heterocycles. The van der Waals surface area contributed by atoms with E-state index in [1.54, 1.807) is 58.8 Å². The SMILES string of the molecule is O=C(CCSCSCSCCC(=O)OCSCO)OCCSCSCSCCOOCCCSCSCSCCC(=O)OCSCO. The number of carbonyl (C=O) groups excluding carboxylic acids is 3. The van der Waals surface area contributed by atoms with E-state index in [1.165, 1.54) is 11.8 Å². The van der Waals surface area contributed by atoms with Crippen LogP contribution in [0.25, 0.3) is 0 Å². The summed E-state index contributed by atoms with van der Waals surface area (Å²) in [6.45, 7) is 1.61. The van der Waals surface area contributed by atoms with Gasteiger partial charge in [0, 0.05) is 59.3 Å². The molecule has 0 fully saturated rings. The standard InChI is InChI=1S/C26H48O10S11/c27-14-43-16-33-25(30)3-10-39-19-45-18-37-8-1-5-35-36-7-13-42-23-47-22-41-12-6-32-24(29)2-9-38-20-46-21-40-11-4-26(31)34-17-44-15-28/h27-28H,1-23H2. The first kappa shape index (κ1) is 49.1. The maximum absolute atomic E-state index is 11.9. The van der Waals surface area contributed by atoms with Crippen LogP contribution in [0.2, 0.25) is 0 Å². The van der Waals surface area contributed by atoms with Gasteiger partial charge in [0.1, 0.15) is 18.5 Å². The van der Waals surface area contributed by atoms with Crippen molar-refractivity contribution < 1.29 is 48.6 Å². The van der Waals surface area contributed by atoms with Gasteiger partial charge in [-0.1, -0.05) is 23.5 Å². The van der Waals surface area contributed by atoms with Gasteiger partial charge in [-0.05, 0) is 12.2 Å². The number of hydrogen-bond acceptors (Lipinski definition) is 21. The van der Waals surface area contributed by atoms with Gasteiger partial charge in [0.25, 0.3) is 0 Å². The second-order valence-corrected chi connectivity index (χ2v) is 21.8. The van der Waals surface area contributed by atoms with Gasteiger partial charge in [0.15, 0.2) is 0 Å². The molecule has 0 aliphatic carbocycles. The average molecular weight is 873 g/mol. The van der Waals surface area contributed by atoms with Crippen LogP contribution in [0.4, 0.5) is 0 Å². The Morgan fingerprint density at radius 1 is 0.404 bits per heavy atom. The lowest BCUT2D eigenvalue weighted by Crippen LogP contribution is -2.08. The summed E-state index contributed by atoms with van der Waals surface area (Å²) >= 11 is 18.4. The monoisotopic (exact) mass is 872 g/mol. The zero-order chi connectivity index (χ0) is 34.3. The number of carbonyl (C=O) groups is 3. The lowest BCUT2D eigenvalue weighted by Gasteiger charge is -2.06. The van der Waals surface area contributed by atoms with Crippen molar-refractivity contribution in [1.29, 1.82) is 0 Å². The first-order chi connectivity index (χ1) is 23.1. The molecular formula is C26H48O10S11. The van der Waals surface area contributed by atoms with Crippen LogP contribution in [0, 0.1) is 0 Å². The molecule has 0 spiro atoms. The fourth-order valence-corrected chi connectivity index (χ4v) is 13.0. The Labute approximate surface area is 327 Å². The summed E-state index contributed by atoms with van der Waals surface area (Å²) in [7, 11) is 0. The number of aliphatic hydroxyl groups is 2. The molecule has 0 bridgehead atoms. The quantitative estimate of drug-likeness (QED) is 0.0169. The molecule has 278 valence electrons. The van der Waals surface area contributed by atoms with Gasteiger partial charge in [-0.25, -0.2) is 9.78 Å². The highest BCUT2D eigenvalue weighted by atomic mass is 32.2. The van der Waals surface area contributed by atoms with Crippen LogP contribution in [-0.2, 0) is 38.4 Å². The van der Waals surface area contributed by atoms with Crippen LogP contribution in [0.15, 0.2) is 0 Å². The minimum atomic E-state index is -0.237. The number of hydrogen-bond donors (Lipinski definition) is 2. The molecule has 0 aromatic rings. The average Bonchev–Trinajstić information content (AvgIpc) is 3.06. The fourth-order valence-electron chi connectivity index (χ4n) is 2.43. The predicted octanol–water partition coefficient (Wildman–Crippen LogP) is 6.75. The van der Waals surface area contributed by atoms with Crippen LogP contribution >= 0.6 is 129 Å². The highest BCUT2D eigenvalue weighted by Gasteiger charge is 2.05. The summed E-state index contributed by atoms with van der Waals surface area (Å²) in [5.74, 6) is 4.65. The van der Waals surface area contributed by atoms with Gasteiger partial charge in [-0.2, -0.15) is 47.0 Å². The third-order valence-corrected chi connectivity index (χ3v) is 16.4. The van der Waals surface area contributed by atoms with E-state index in [1.807, 2.05) is 47.0 Å². The van der Waals surface area contributed by atoms with E-state index in [2.05, 4.69) is 0 Å². The topological polar surface area (TPSA) is 138 Å². The van der Waals surface area contributed by atoms with Crippen LogP contribution < -0.4 is 0 Å². The summed E-state index contributed by atoms with van der Waals surface area (Å²) in [5.41, 5.74) is 0. The number of rotatable bonds is 38. The van der Waals surface area contributed by atoms with E-state index in [0.717, 1.165) is 77.5 Å². The third-order valence-electron chi connectivity index (χ3n) is 4.54. The van der Waals surface area contributed by atoms with Crippen molar-refractivity contribution in [3.63, 3.8) is 0 Å². The minimum Gasteiger partial charge on any atom is -0.465 e. The summed E-state index contributed by atoms with van der Waals surface area (Å²) in [4.78, 5) is 45.2. The largest absolute Gasteiger partial charge is 0.465 e. The Balaban J connectivity index is 3.20. The number of thioether (sulfide) groups is 11. The third kappa shape index (κ3) is 42.4. The number of ether oxygens (including phenoxy) is 3. The molecule has 47 heavy (non-hydrogen) atoms. The van der Waals surface area contributed by atoms with Gasteiger partial charge in [0.2, 0.25) is 0 Å². The van der Waals surface area contributed by atoms with Crippen molar-refractivity contribution in [3.05, 3.63) is 0 Å². The van der Waals surface area contributed by atoms with Crippen molar-refractivity contribution in [1.82, 2.24) is 0 Å². The lowest BCUT2D eigenvalue weighted by molar-refractivity contribution is -0.289. The summed E-state index contributed by atoms with van der Waals surface area (Å²) in [6.07, 6.45) is 2.15. The lowest BCUT2D eigenvalue weighted by atomic mass is 10.5. The zero-order valence-electron chi connectivity index (χ0n) is 26.4. The molecule has 21 heteroatoms. The fraction of sp³-hybridized carbons (Fsp3) is 0.885. The van der Waals surface area contributed by atoms with Crippen LogP contribution in [0.3, 0.4) is 0 Å². The highest BCUT2D eigenvalue weighted by molar-refractivity contribution is 8.23. The second kappa shape index (κ2) is 42.5. The van der Waals surface area contributed by atoms with E-state index in [0.29, 0.717) is 44.8 Å². The van der Waals surface area contributed by atoms with Crippen molar-refractivity contribution in [2.24, 2.45) is 0 Å². The Morgan fingerprint density at radius 3 is 1.26 bits per heavy atom. The van der Waals surface area contributed by atoms with Crippen molar-refractivity contribution in [2.75, 3.05) is 109 Å². The molecule has 0 aromatic carbocycles. The highest BCUT2D eigenvalue weighted by Crippen LogP contribution is 2.21. The Hall–Kier alpha value is 2.10. The molecule has 0 saturated heterocycles. The molecule has 0 atom stereocenters. The van der Waals surface area contributed by atoms with Crippen LogP contribution in [0.5, 0.6) is 0 Å². The molecule has 0 amide bonds. The normalized spacial score (nSPS) is 11.1. The predicted molar refractivity (Wildman–Crippen MR) is 219 cm³/mol. The molecule has 0 rings (SSSR count). The number of esters is 3. The second-order valence-electron chi connectivity index (χ2n) is 8.17. The molecule has 0 aliphatic heterocycles. The van der Waals surface area contributed by atoms with Crippen LogP contribution in [-0.4, -0.2) is 137 Å². The minimum absolute atomic E-state index is 0.0386. The molecule has 0 unspecified atom stereocenters. The smallest absolute Gasteiger partial charge is 0.307 e. The molecule has 0 radical (unpaired) electrons. The Bertz CT molecular complexity index is 721. The first-order valence-corrected chi connectivity index (χ1v) is 27.1. The van der Waals surface area contributed by atoms with Gasteiger partial charge in [-0.15, -0.1) is 58.8 Å². The summed E-state index contributed by atoms with van der Waals surface area (Å²) < 4.78 is 15.2. The number of aliphatic hydroxyl groups excluding tert-OH is 2. The summed E-state index contributed by atoms with van der Waals surface area (Å²) in [6, 6.07) is 0. The Kier molecular flexibility index (Phi) is 44.4. The van der Waals surface area contributed by atoms with E-state index in [4.69, 9.17) is 34.2 Å². The first-order valence-electron chi connectivity index (χ1n) is 14.4. The van der Waals surface area contributed by atoms with E-state index < -0.39 is 0 Å².